The summed E-state index contributed by atoms with van der Waals surface area (Å²) >= 11 is 6.87. The third-order valence-electron chi connectivity index (χ3n) is 2.64. The van der Waals surface area contributed by atoms with Crippen molar-refractivity contribution in [3.8, 4) is 0 Å². The maximum Gasteiger partial charge on any atom is 0.227 e. The van der Waals surface area contributed by atoms with Crippen LogP contribution >= 0.6 is 23.4 Å². The SMILES string of the molecule is CC1=NC(SC(=O)c2ccc(Cl)cc2)=NC(C)(C)C1. The molecule has 0 bridgehead atoms. The van der Waals surface area contributed by atoms with E-state index in [0.29, 0.717) is 15.8 Å². The smallest absolute Gasteiger partial charge is 0.227 e. The van der Waals surface area contributed by atoms with Crippen molar-refractivity contribution in [2.24, 2.45) is 9.98 Å². The van der Waals surface area contributed by atoms with Crippen LogP contribution in [0.1, 0.15) is 37.6 Å². The molecule has 0 atom stereocenters. The Morgan fingerprint density at radius 2 is 1.95 bits per heavy atom. The Balaban J connectivity index is 2.15. The second-order valence-electron chi connectivity index (χ2n) is 5.13. The quantitative estimate of drug-likeness (QED) is 0.778. The largest absolute Gasteiger partial charge is 0.281 e. The fourth-order valence-electron chi connectivity index (χ4n) is 1.93. The van der Waals surface area contributed by atoms with Crippen LogP contribution < -0.4 is 0 Å². The van der Waals surface area contributed by atoms with E-state index in [9.17, 15) is 4.79 Å². The number of carbonyl (C=O) groups is 1. The summed E-state index contributed by atoms with van der Waals surface area (Å²) in [4.78, 5) is 20.9. The molecule has 0 radical (unpaired) electrons. The van der Waals surface area contributed by atoms with Gasteiger partial charge < -0.3 is 0 Å². The van der Waals surface area contributed by atoms with E-state index < -0.39 is 0 Å². The van der Waals surface area contributed by atoms with Crippen LogP contribution in [0.15, 0.2) is 34.3 Å². The van der Waals surface area contributed by atoms with E-state index >= 15 is 0 Å². The normalized spacial score (nSPS) is 17.7. The third-order valence-corrected chi connectivity index (χ3v) is 3.68. The molecule has 1 aromatic rings. The number of carbonyl (C=O) groups excluding carboxylic acids is 1. The van der Waals surface area contributed by atoms with Gasteiger partial charge in [0.15, 0.2) is 5.17 Å². The summed E-state index contributed by atoms with van der Waals surface area (Å²) in [6.07, 6.45) is 0.826. The molecule has 0 amide bonds. The first-order valence-corrected chi connectivity index (χ1v) is 7.17. The van der Waals surface area contributed by atoms with Gasteiger partial charge in [0.05, 0.1) is 5.54 Å². The molecule has 0 fully saturated rings. The molecule has 2 rings (SSSR count). The topological polar surface area (TPSA) is 41.8 Å². The minimum atomic E-state index is -0.186. The Bertz CT molecular complexity index is 561. The number of thioether (sulfide) groups is 1. The molecule has 0 aliphatic carbocycles. The summed E-state index contributed by atoms with van der Waals surface area (Å²) in [5.41, 5.74) is 1.42. The van der Waals surface area contributed by atoms with Gasteiger partial charge >= 0.3 is 0 Å². The van der Waals surface area contributed by atoms with Crippen LogP contribution in [0.4, 0.5) is 0 Å². The second-order valence-corrected chi connectivity index (χ2v) is 6.50. The number of halogens is 1. The van der Waals surface area contributed by atoms with Gasteiger partial charge in [-0.15, -0.1) is 0 Å². The molecule has 0 spiro atoms. The van der Waals surface area contributed by atoms with Gasteiger partial charge in [-0.1, -0.05) is 11.6 Å². The van der Waals surface area contributed by atoms with E-state index in [1.165, 1.54) is 0 Å². The highest BCUT2D eigenvalue weighted by atomic mass is 35.5. The zero-order valence-electron chi connectivity index (χ0n) is 11.1. The molecule has 0 unspecified atom stereocenters. The fraction of sp³-hybridized carbons (Fsp3) is 0.357. The molecular formula is C14H15ClN2OS. The minimum absolute atomic E-state index is 0.0651. The van der Waals surface area contributed by atoms with Crippen molar-refractivity contribution in [2.75, 3.05) is 0 Å². The number of rotatable bonds is 1. The molecule has 19 heavy (non-hydrogen) atoms. The lowest BCUT2D eigenvalue weighted by Gasteiger charge is -2.24. The van der Waals surface area contributed by atoms with E-state index in [-0.39, 0.29) is 10.7 Å². The maximum atomic E-state index is 12.1. The molecule has 0 N–H and O–H groups in total. The molecule has 100 valence electrons. The van der Waals surface area contributed by atoms with Crippen LogP contribution in [0.25, 0.3) is 0 Å². The number of nitrogens with zero attached hydrogens (tertiary/aromatic N) is 2. The summed E-state index contributed by atoms with van der Waals surface area (Å²) in [5.74, 6) is 0. The van der Waals surface area contributed by atoms with Crippen LogP contribution in [0, 0.1) is 0 Å². The standard InChI is InChI=1S/C14H15ClN2OS/c1-9-8-14(2,3)17-13(16-9)19-12(18)10-4-6-11(15)7-5-10/h4-7H,8H2,1-3H3. The van der Waals surface area contributed by atoms with E-state index in [4.69, 9.17) is 11.6 Å². The molecule has 5 heteroatoms. The Hall–Kier alpha value is -1.13. The number of hydrogen-bond donors (Lipinski definition) is 0. The minimum Gasteiger partial charge on any atom is -0.281 e. The van der Waals surface area contributed by atoms with Crippen molar-refractivity contribution >= 4 is 39.4 Å². The highest BCUT2D eigenvalue weighted by molar-refractivity contribution is 8.26. The fourth-order valence-corrected chi connectivity index (χ4v) is 2.97. The van der Waals surface area contributed by atoms with E-state index in [0.717, 1.165) is 23.9 Å². The van der Waals surface area contributed by atoms with Crippen LogP contribution in [-0.4, -0.2) is 21.5 Å². The lowest BCUT2D eigenvalue weighted by Crippen LogP contribution is -2.26. The summed E-state index contributed by atoms with van der Waals surface area (Å²) in [7, 11) is 0. The molecule has 1 heterocycles. The zero-order valence-corrected chi connectivity index (χ0v) is 12.7. The molecule has 3 nitrogen and oxygen atoms in total. The molecule has 1 aromatic carbocycles. The molecular weight excluding hydrogens is 280 g/mol. The summed E-state index contributed by atoms with van der Waals surface area (Å²) < 4.78 is 0. The summed E-state index contributed by atoms with van der Waals surface area (Å²) in [5, 5.41) is 1.09. The Labute approximate surface area is 122 Å². The van der Waals surface area contributed by atoms with Crippen molar-refractivity contribution in [2.45, 2.75) is 32.7 Å². The predicted molar refractivity (Wildman–Crippen MR) is 82.6 cm³/mol. The van der Waals surface area contributed by atoms with Crippen molar-refractivity contribution in [3.05, 3.63) is 34.9 Å². The lowest BCUT2D eigenvalue weighted by molar-refractivity contribution is 0.109. The van der Waals surface area contributed by atoms with Crippen LogP contribution in [0.2, 0.25) is 5.02 Å². The van der Waals surface area contributed by atoms with E-state index in [2.05, 4.69) is 9.98 Å². The van der Waals surface area contributed by atoms with Gasteiger partial charge in [0.25, 0.3) is 0 Å². The van der Waals surface area contributed by atoms with Crippen molar-refractivity contribution < 1.29 is 4.79 Å². The van der Waals surface area contributed by atoms with Gasteiger partial charge in [0.1, 0.15) is 0 Å². The van der Waals surface area contributed by atoms with Gasteiger partial charge in [-0.3, -0.25) is 9.79 Å². The van der Waals surface area contributed by atoms with Crippen molar-refractivity contribution in [1.82, 2.24) is 0 Å². The van der Waals surface area contributed by atoms with Gasteiger partial charge in [-0.2, -0.15) is 0 Å². The Kier molecular flexibility index (Phi) is 4.11. The molecule has 0 aromatic heterocycles. The van der Waals surface area contributed by atoms with Gasteiger partial charge in [0, 0.05) is 22.7 Å². The summed E-state index contributed by atoms with van der Waals surface area (Å²) in [6.45, 7) is 6.04. The monoisotopic (exact) mass is 294 g/mol. The first-order chi connectivity index (χ1) is 8.85. The van der Waals surface area contributed by atoms with Crippen molar-refractivity contribution in [3.63, 3.8) is 0 Å². The van der Waals surface area contributed by atoms with E-state index in [1.807, 2.05) is 20.8 Å². The number of hydrogen-bond acceptors (Lipinski definition) is 4. The Morgan fingerprint density at radius 1 is 1.32 bits per heavy atom. The average Bonchev–Trinajstić information content (AvgIpc) is 2.26. The highest BCUT2D eigenvalue weighted by Crippen LogP contribution is 2.25. The van der Waals surface area contributed by atoms with Crippen LogP contribution in [0.5, 0.6) is 0 Å². The Morgan fingerprint density at radius 3 is 2.53 bits per heavy atom. The average molecular weight is 295 g/mol. The molecule has 0 saturated heterocycles. The number of benzene rings is 1. The maximum absolute atomic E-state index is 12.1. The molecule has 1 aliphatic heterocycles. The summed E-state index contributed by atoms with van der Waals surface area (Å²) in [6, 6.07) is 6.83. The van der Waals surface area contributed by atoms with E-state index in [1.54, 1.807) is 24.3 Å². The van der Waals surface area contributed by atoms with Crippen molar-refractivity contribution in [1.29, 1.82) is 0 Å². The van der Waals surface area contributed by atoms with Crippen LogP contribution in [-0.2, 0) is 0 Å². The van der Waals surface area contributed by atoms with Gasteiger partial charge in [-0.25, -0.2) is 4.99 Å². The zero-order chi connectivity index (χ0) is 14.0. The molecule has 0 saturated carbocycles. The van der Waals surface area contributed by atoms with Crippen LogP contribution in [0.3, 0.4) is 0 Å². The predicted octanol–water partition coefficient (Wildman–Crippen LogP) is 4.21. The number of aliphatic imine (C=N–C) groups is 2. The van der Waals surface area contributed by atoms with Gasteiger partial charge in [0.2, 0.25) is 5.12 Å². The second kappa shape index (κ2) is 5.47. The molecule has 1 aliphatic rings. The van der Waals surface area contributed by atoms with Gasteiger partial charge in [-0.05, 0) is 56.8 Å². The number of amidine groups is 1. The third kappa shape index (κ3) is 3.91. The highest BCUT2D eigenvalue weighted by Gasteiger charge is 2.24. The first-order valence-electron chi connectivity index (χ1n) is 5.97. The first kappa shape index (κ1) is 14.3. The lowest BCUT2D eigenvalue weighted by atomic mass is 9.98.